The second-order valence-corrected chi connectivity index (χ2v) is 6.54. The van der Waals surface area contributed by atoms with Crippen LogP contribution in [0.4, 0.5) is 5.69 Å². The summed E-state index contributed by atoms with van der Waals surface area (Å²) in [6.45, 7) is -0.453. The Morgan fingerprint density at radius 3 is 2.56 bits per heavy atom. The molecule has 1 N–H and O–H groups in total. The molecule has 25 heavy (non-hydrogen) atoms. The molecule has 1 amide bonds. The number of methoxy groups -OCH3 is 1. The van der Waals surface area contributed by atoms with Crippen molar-refractivity contribution in [2.45, 2.75) is 4.90 Å². The first-order valence-electron chi connectivity index (χ1n) is 7.08. The van der Waals surface area contributed by atoms with Gasteiger partial charge in [0.15, 0.2) is 6.61 Å². The molecule has 0 unspecified atom stereocenters. The Bertz CT molecular complexity index is 798. The van der Waals surface area contributed by atoms with Crippen molar-refractivity contribution in [1.29, 1.82) is 0 Å². The van der Waals surface area contributed by atoms with E-state index in [2.05, 4.69) is 5.32 Å². The van der Waals surface area contributed by atoms with Gasteiger partial charge in [0.25, 0.3) is 5.91 Å². The number of nitrogens with one attached hydrogen (secondary N) is 1. The van der Waals surface area contributed by atoms with E-state index in [4.69, 9.17) is 32.7 Å². The summed E-state index contributed by atoms with van der Waals surface area (Å²) >= 11 is 13.3. The molecule has 0 saturated heterocycles. The van der Waals surface area contributed by atoms with Gasteiger partial charge in [0.05, 0.1) is 17.8 Å². The zero-order valence-electron chi connectivity index (χ0n) is 13.5. The van der Waals surface area contributed by atoms with Gasteiger partial charge in [0.1, 0.15) is 11.3 Å². The number of anilines is 1. The third-order valence-corrected chi connectivity index (χ3v) is 4.44. The van der Waals surface area contributed by atoms with E-state index in [-0.39, 0.29) is 5.56 Å². The van der Waals surface area contributed by atoms with E-state index in [0.717, 1.165) is 4.90 Å². The molecule has 0 aliphatic rings. The van der Waals surface area contributed by atoms with Gasteiger partial charge in [0, 0.05) is 9.92 Å². The average Bonchev–Trinajstić information content (AvgIpc) is 2.61. The third kappa shape index (κ3) is 5.29. The summed E-state index contributed by atoms with van der Waals surface area (Å²) in [6, 6.07) is 9.76. The highest BCUT2D eigenvalue weighted by atomic mass is 35.5. The first-order valence-corrected chi connectivity index (χ1v) is 9.06. The van der Waals surface area contributed by atoms with Crippen LogP contribution in [0, 0.1) is 0 Å². The van der Waals surface area contributed by atoms with E-state index in [9.17, 15) is 9.59 Å². The molecule has 0 spiro atoms. The Balaban J connectivity index is 1.98. The van der Waals surface area contributed by atoms with Crippen molar-refractivity contribution in [3.05, 3.63) is 52.0 Å². The number of benzene rings is 2. The predicted octanol–water partition coefficient (Wildman–Crippen LogP) is 4.52. The molecular formula is C17H15Cl2NO4S. The standard InChI is InChI=1S/C17H15Cl2NO4S/c1-23-15-8-11(25-2)4-5-12(15)17(22)24-9-16(21)20-14-6-3-10(18)7-13(14)19/h3-8H,9H2,1-2H3,(H,20,21). The topological polar surface area (TPSA) is 64.6 Å². The highest BCUT2D eigenvalue weighted by molar-refractivity contribution is 7.98. The Hall–Kier alpha value is -1.89. The minimum atomic E-state index is -0.651. The molecule has 0 radical (unpaired) electrons. The zero-order valence-corrected chi connectivity index (χ0v) is 15.8. The van der Waals surface area contributed by atoms with E-state index < -0.39 is 18.5 Å². The number of amides is 1. The van der Waals surface area contributed by atoms with Crippen molar-refractivity contribution in [2.24, 2.45) is 0 Å². The minimum absolute atomic E-state index is 0.248. The summed E-state index contributed by atoms with van der Waals surface area (Å²) in [4.78, 5) is 25.0. The van der Waals surface area contributed by atoms with E-state index in [1.807, 2.05) is 6.26 Å². The summed E-state index contributed by atoms with van der Waals surface area (Å²) in [5.74, 6) is -0.780. The van der Waals surface area contributed by atoms with Crippen LogP contribution in [-0.2, 0) is 9.53 Å². The van der Waals surface area contributed by atoms with Crippen LogP contribution < -0.4 is 10.1 Å². The van der Waals surface area contributed by atoms with Crippen molar-refractivity contribution in [3.63, 3.8) is 0 Å². The van der Waals surface area contributed by atoms with Gasteiger partial charge in [-0.25, -0.2) is 4.79 Å². The summed E-state index contributed by atoms with van der Waals surface area (Å²) < 4.78 is 10.2. The SMILES string of the molecule is COc1cc(SC)ccc1C(=O)OCC(=O)Nc1ccc(Cl)cc1Cl. The molecule has 8 heteroatoms. The van der Waals surface area contributed by atoms with Crippen molar-refractivity contribution in [1.82, 2.24) is 0 Å². The first kappa shape index (κ1) is 19.4. The smallest absolute Gasteiger partial charge is 0.342 e. The number of halogens is 2. The van der Waals surface area contributed by atoms with Gasteiger partial charge in [0.2, 0.25) is 0 Å². The monoisotopic (exact) mass is 399 g/mol. The molecule has 0 aliphatic heterocycles. The molecule has 2 aromatic rings. The van der Waals surface area contributed by atoms with Crippen LogP contribution in [-0.4, -0.2) is 31.8 Å². The number of hydrogen-bond acceptors (Lipinski definition) is 5. The van der Waals surface area contributed by atoms with E-state index >= 15 is 0 Å². The summed E-state index contributed by atoms with van der Waals surface area (Å²) in [6.07, 6.45) is 1.92. The van der Waals surface area contributed by atoms with Crippen molar-refractivity contribution in [2.75, 3.05) is 25.3 Å². The van der Waals surface area contributed by atoms with Crippen molar-refractivity contribution < 1.29 is 19.1 Å². The van der Waals surface area contributed by atoms with E-state index in [1.165, 1.54) is 24.9 Å². The molecule has 0 fully saturated rings. The lowest BCUT2D eigenvalue weighted by Gasteiger charge is -2.11. The fraction of sp³-hybridized carbons (Fsp3) is 0.176. The van der Waals surface area contributed by atoms with Gasteiger partial charge in [-0.15, -0.1) is 11.8 Å². The Morgan fingerprint density at radius 2 is 1.92 bits per heavy atom. The van der Waals surface area contributed by atoms with Gasteiger partial charge in [-0.3, -0.25) is 4.79 Å². The molecule has 0 atom stereocenters. The predicted molar refractivity (Wildman–Crippen MR) is 100 cm³/mol. The second-order valence-electron chi connectivity index (χ2n) is 4.81. The molecule has 0 heterocycles. The Labute approximate surface area is 159 Å². The van der Waals surface area contributed by atoms with Gasteiger partial charge < -0.3 is 14.8 Å². The fourth-order valence-electron chi connectivity index (χ4n) is 1.95. The molecule has 5 nitrogen and oxygen atoms in total. The summed E-state index contributed by atoms with van der Waals surface area (Å²) in [7, 11) is 1.46. The number of thioether (sulfide) groups is 1. The lowest BCUT2D eigenvalue weighted by atomic mass is 10.2. The van der Waals surface area contributed by atoms with Crippen LogP contribution in [0.1, 0.15) is 10.4 Å². The molecule has 0 saturated carbocycles. The summed E-state index contributed by atoms with van der Waals surface area (Å²) in [5.41, 5.74) is 0.631. The molecule has 0 aromatic heterocycles. The third-order valence-electron chi connectivity index (χ3n) is 3.17. The Kier molecular flexibility index (Phi) is 6.99. The molecule has 132 valence electrons. The number of esters is 1. The van der Waals surface area contributed by atoms with Gasteiger partial charge in [-0.05, 0) is 42.7 Å². The van der Waals surface area contributed by atoms with Crippen molar-refractivity contribution >= 4 is 52.5 Å². The normalized spacial score (nSPS) is 10.2. The summed E-state index contributed by atoms with van der Waals surface area (Å²) in [5, 5.41) is 3.30. The fourth-order valence-corrected chi connectivity index (χ4v) is 2.84. The maximum absolute atomic E-state index is 12.2. The van der Waals surface area contributed by atoms with Gasteiger partial charge in [-0.1, -0.05) is 23.2 Å². The highest BCUT2D eigenvalue weighted by Crippen LogP contribution is 2.27. The number of carbonyl (C=O) groups excluding carboxylic acids is 2. The van der Waals surface area contributed by atoms with Crippen LogP contribution in [0.2, 0.25) is 10.0 Å². The van der Waals surface area contributed by atoms with Crippen molar-refractivity contribution in [3.8, 4) is 5.75 Å². The lowest BCUT2D eigenvalue weighted by Crippen LogP contribution is -2.21. The Morgan fingerprint density at radius 1 is 1.16 bits per heavy atom. The maximum atomic E-state index is 12.2. The van der Waals surface area contributed by atoms with Crippen LogP contribution >= 0.6 is 35.0 Å². The van der Waals surface area contributed by atoms with Crippen LogP contribution in [0.5, 0.6) is 5.75 Å². The first-order chi connectivity index (χ1) is 11.9. The van der Waals surface area contributed by atoms with E-state index in [0.29, 0.717) is 21.5 Å². The minimum Gasteiger partial charge on any atom is -0.496 e. The van der Waals surface area contributed by atoms with Gasteiger partial charge in [-0.2, -0.15) is 0 Å². The second kappa shape index (κ2) is 8.99. The number of ether oxygens (including phenoxy) is 2. The molecule has 2 aromatic carbocycles. The number of rotatable bonds is 6. The van der Waals surface area contributed by atoms with E-state index in [1.54, 1.807) is 30.3 Å². The molecular weight excluding hydrogens is 385 g/mol. The van der Waals surface area contributed by atoms with Crippen LogP contribution in [0.3, 0.4) is 0 Å². The van der Waals surface area contributed by atoms with Crippen LogP contribution in [0.25, 0.3) is 0 Å². The average molecular weight is 400 g/mol. The zero-order chi connectivity index (χ0) is 18.4. The molecule has 0 aliphatic carbocycles. The largest absolute Gasteiger partial charge is 0.496 e. The lowest BCUT2D eigenvalue weighted by molar-refractivity contribution is -0.119. The van der Waals surface area contributed by atoms with Crippen LogP contribution in [0.15, 0.2) is 41.3 Å². The molecule has 2 rings (SSSR count). The molecule has 0 bridgehead atoms. The quantitative estimate of drug-likeness (QED) is 0.571. The number of carbonyl (C=O) groups is 2. The number of hydrogen-bond donors (Lipinski definition) is 1. The highest BCUT2D eigenvalue weighted by Gasteiger charge is 2.16. The van der Waals surface area contributed by atoms with Gasteiger partial charge >= 0.3 is 5.97 Å². The maximum Gasteiger partial charge on any atom is 0.342 e.